The van der Waals surface area contributed by atoms with Crippen LogP contribution < -0.4 is 0 Å². The zero-order valence-electron chi connectivity index (χ0n) is 21.4. The summed E-state index contributed by atoms with van der Waals surface area (Å²) in [6, 6.07) is 33.2. The third-order valence-electron chi connectivity index (χ3n) is 6.21. The quantitative estimate of drug-likeness (QED) is 0.201. The molecular formula is C33H35N3. The molecule has 0 saturated carbocycles. The third kappa shape index (κ3) is 6.85. The highest BCUT2D eigenvalue weighted by atomic mass is 14.8. The van der Waals surface area contributed by atoms with Crippen LogP contribution in [0.2, 0.25) is 0 Å². The zero-order valence-corrected chi connectivity index (χ0v) is 21.4. The van der Waals surface area contributed by atoms with Crippen molar-refractivity contribution in [1.29, 1.82) is 0 Å². The average Bonchev–Trinajstić information content (AvgIpc) is 2.94. The summed E-state index contributed by atoms with van der Waals surface area (Å²) in [4.78, 5) is 14.9. The third-order valence-corrected chi connectivity index (χ3v) is 6.21. The van der Waals surface area contributed by atoms with Crippen LogP contribution in [0.5, 0.6) is 0 Å². The first kappa shape index (κ1) is 25.2. The summed E-state index contributed by atoms with van der Waals surface area (Å²) in [6.45, 7) is 4.44. The normalized spacial score (nSPS) is 11.8. The second-order valence-corrected chi connectivity index (χ2v) is 9.00. The molecule has 0 aliphatic carbocycles. The molecule has 0 aliphatic heterocycles. The van der Waals surface area contributed by atoms with Crippen molar-refractivity contribution in [2.24, 2.45) is 9.98 Å². The molecule has 1 heterocycles. The van der Waals surface area contributed by atoms with Crippen LogP contribution in [0.4, 0.5) is 11.4 Å². The maximum atomic E-state index is 5.17. The smallest absolute Gasteiger partial charge is 0.0966 e. The first-order valence-electron chi connectivity index (χ1n) is 13.1. The summed E-state index contributed by atoms with van der Waals surface area (Å²) in [5.74, 6) is 0. The van der Waals surface area contributed by atoms with Gasteiger partial charge >= 0.3 is 0 Å². The van der Waals surface area contributed by atoms with Gasteiger partial charge in [0.25, 0.3) is 0 Å². The standard InChI is InChI=1S/C33H35N3/c1-3-5-15-26-17-10-12-22-30(26)34-25-29-21-14-24-32(35-29)33(28-19-8-7-9-20-28)36-31-23-13-11-18-27(31)16-6-4-2/h7-14,17-25H,3-6,15-16H2,1-2H3. The Hall–Kier alpha value is -3.85. The Morgan fingerprint density at radius 2 is 1.28 bits per heavy atom. The highest BCUT2D eigenvalue weighted by molar-refractivity contribution is 6.13. The lowest BCUT2D eigenvalue weighted by Crippen LogP contribution is -2.07. The fourth-order valence-electron chi connectivity index (χ4n) is 4.19. The van der Waals surface area contributed by atoms with E-state index in [1.165, 1.54) is 17.5 Å². The summed E-state index contributed by atoms with van der Waals surface area (Å²) in [5.41, 5.74) is 8.16. The maximum absolute atomic E-state index is 5.17. The van der Waals surface area contributed by atoms with Crippen LogP contribution in [0.3, 0.4) is 0 Å². The highest BCUT2D eigenvalue weighted by Crippen LogP contribution is 2.24. The fraction of sp³-hybridized carbons (Fsp3) is 0.242. The summed E-state index contributed by atoms with van der Waals surface area (Å²) in [5, 5.41) is 0. The van der Waals surface area contributed by atoms with Crippen LogP contribution in [0.1, 0.15) is 67.6 Å². The number of pyridine rings is 1. The van der Waals surface area contributed by atoms with E-state index in [0.29, 0.717) is 0 Å². The van der Waals surface area contributed by atoms with Gasteiger partial charge in [-0.15, -0.1) is 0 Å². The number of para-hydroxylation sites is 2. The van der Waals surface area contributed by atoms with E-state index in [1.807, 2.05) is 48.7 Å². The molecule has 0 N–H and O–H groups in total. The maximum Gasteiger partial charge on any atom is 0.0966 e. The number of nitrogens with zero attached hydrogens (tertiary/aromatic N) is 3. The van der Waals surface area contributed by atoms with Gasteiger partial charge in [0.1, 0.15) is 0 Å². The van der Waals surface area contributed by atoms with Crippen molar-refractivity contribution in [2.45, 2.75) is 52.4 Å². The van der Waals surface area contributed by atoms with Crippen LogP contribution in [-0.4, -0.2) is 16.9 Å². The van der Waals surface area contributed by atoms with Crippen LogP contribution in [-0.2, 0) is 12.8 Å². The van der Waals surface area contributed by atoms with Crippen LogP contribution in [0.15, 0.2) is 107 Å². The number of hydrogen-bond acceptors (Lipinski definition) is 3. The molecule has 0 unspecified atom stereocenters. The van der Waals surface area contributed by atoms with Crippen molar-refractivity contribution in [3.63, 3.8) is 0 Å². The minimum absolute atomic E-state index is 0.820. The number of aromatic nitrogens is 1. The molecule has 0 spiro atoms. The second-order valence-electron chi connectivity index (χ2n) is 9.00. The lowest BCUT2D eigenvalue weighted by atomic mass is 10.0. The first-order valence-corrected chi connectivity index (χ1v) is 13.1. The highest BCUT2D eigenvalue weighted by Gasteiger charge is 2.11. The minimum Gasteiger partial charge on any atom is -0.254 e. The number of benzene rings is 3. The molecule has 0 radical (unpaired) electrons. The van der Waals surface area contributed by atoms with E-state index < -0.39 is 0 Å². The van der Waals surface area contributed by atoms with E-state index >= 15 is 0 Å². The van der Waals surface area contributed by atoms with Gasteiger partial charge in [0, 0.05) is 5.56 Å². The predicted octanol–water partition coefficient (Wildman–Crippen LogP) is 8.69. The average molecular weight is 474 g/mol. The number of rotatable bonds is 11. The van der Waals surface area contributed by atoms with Crippen molar-refractivity contribution in [3.8, 4) is 0 Å². The topological polar surface area (TPSA) is 37.6 Å². The van der Waals surface area contributed by atoms with E-state index in [9.17, 15) is 0 Å². The molecule has 0 saturated heterocycles. The van der Waals surface area contributed by atoms with E-state index in [-0.39, 0.29) is 0 Å². The Bertz CT molecular complexity index is 1310. The lowest BCUT2D eigenvalue weighted by Gasteiger charge is -2.10. The molecule has 3 heteroatoms. The molecule has 0 atom stereocenters. The largest absolute Gasteiger partial charge is 0.254 e. The Morgan fingerprint density at radius 3 is 1.97 bits per heavy atom. The molecule has 3 aromatic carbocycles. The van der Waals surface area contributed by atoms with Crippen molar-refractivity contribution >= 4 is 23.3 Å². The lowest BCUT2D eigenvalue weighted by molar-refractivity contribution is 0.795. The summed E-state index contributed by atoms with van der Waals surface area (Å²) < 4.78 is 0. The number of aryl methyl sites for hydroxylation is 2. The van der Waals surface area contributed by atoms with Gasteiger partial charge in [0.15, 0.2) is 0 Å². The molecule has 0 amide bonds. The Balaban J connectivity index is 1.71. The zero-order chi connectivity index (χ0) is 25.0. The molecule has 36 heavy (non-hydrogen) atoms. The van der Waals surface area contributed by atoms with Crippen LogP contribution >= 0.6 is 0 Å². The Kier molecular flexibility index (Phi) is 9.32. The van der Waals surface area contributed by atoms with E-state index in [1.54, 1.807) is 0 Å². The minimum atomic E-state index is 0.820. The van der Waals surface area contributed by atoms with Gasteiger partial charge in [-0.05, 0) is 61.1 Å². The van der Waals surface area contributed by atoms with Gasteiger partial charge in [-0.1, -0.05) is 99.5 Å². The van der Waals surface area contributed by atoms with E-state index in [0.717, 1.165) is 66.1 Å². The molecule has 0 bridgehead atoms. The number of hydrogen-bond donors (Lipinski definition) is 0. The molecule has 4 aromatic rings. The van der Waals surface area contributed by atoms with E-state index in [4.69, 9.17) is 15.0 Å². The van der Waals surface area contributed by atoms with E-state index in [2.05, 4.69) is 68.4 Å². The summed E-state index contributed by atoms with van der Waals surface area (Å²) >= 11 is 0. The molecule has 182 valence electrons. The first-order chi connectivity index (χ1) is 17.8. The Labute approximate surface area is 215 Å². The summed E-state index contributed by atoms with van der Waals surface area (Å²) in [6.07, 6.45) is 8.58. The predicted molar refractivity (Wildman–Crippen MR) is 153 cm³/mol. The fourth-order valence-corrected chi connectivity index (χ4v) is 4.19. The van der Waals surface area contributed by atoms with Crippen molar-refractivity contribution in [1.82, 2.24) is 4.98 Å². The summed E-state index contributed by atoms with van der Waals surface area (Å²) in [7, 11) is 0. The van der Waals surface area contributed by atoms with Gasteiger partial charge in [-0.25, -0.2) is 9.98 Å². The van der Waals surface area contributed by atoms with Gasteiger partial charge in [-0.2, -0.15) is 0 Å². The molecule has 1 aromatic heterocycles. The monoisotopic (exact) mass is 473 g/mol. The molecule has 0 aliphatic rings. The van der Waals surface area contributed by atoms with Gasteiger partial charge in [0.2, 0.25) is 0 Å². The van der Waals surface area contributed by atoms with Crippen molar-refractivity contribution in [2.75, 3.05) is 0 Å². The van der Waals surface area contributed by atoms with Crippen LogP contribution in [0, 0.1) is 0 Å². The SMILES string of the molecule is CCCCc1ccccc1N=Cc1cccc(C(=Nc2ccccc2CCCC)c2ccccc2)n1. The van der Waals surface area contributed by atoms with Gasteiger partial charge in [-0.3, -0.25) is 4.99 Å². The molecular weight excluding hydrogens is 438 g/mol. The second kappa shape index (κ2) is 13.3. The number of unbranched alkanes of at least 4 members (excludes halogenated alkanes) is 2. The van der Waals surface area contributed by atoms with Crippen LogP contribution in [0.25, 0.3) is 0 Å². The molecule has 3 nitrogen and oxygen atoms in total. The van der Waals surface area contributed by atoms with Gasteiger partial charge in [0.05, 0.1) is 34.7 Å². The van der Waals surface area contributed by atoms with Crippen molar-refractivity contribution < 1.29 is 0 Å². The molecule has 0 fully saturated rings. The molecule has 4 rings (SSSR count). The number of aliphatic imine (C=N–C) groups is 2. The van der Waals surface area contributed by atoms with Gasteiger partial charge < -0.3 is 0 Å². The Morgan fingerprint density at radius 1 is 0.667 bits per heavy atom. The van der Waals surface area contributed by atoms with Crippen molar-refractivity contribution in [3.05, 3.63) is 125 Å².